The normalized spacial score (nSPS) is 21.2. The van der Waals surface area contributed by atoms with E-state index in [0.717, 1.165) is 25.9 Å². The average Bonchev–Trinajstić information content (AvgIpc) is 2.80. The van der Waals surface area contributed by atoms with Crippen LogP contribution >= 0.6 is 0 Å². The summed E-state index contributed by atoms with van der Waals surface area (Å²) < 4.78 is 4.89. The van der Waals surface area contributed by atoms with Gasteiger partial charge in [-0.3, -0.25) is 4.79 Å². The minimum atomic E-state index is 0.0959. The number of hydrogen-bond acceptors (Lipinski definition) is 4. The molecular formula is C10H15N3O2. The number of aromatic nitrogens is 1. The molecule has 1 aromatic heterocycles. The van der Waals surface area contributed by atoms with E-state index in [9.17, 15) is 4.79 Å². The maximum Gasteiger partial charge on any atom is 0.224 e. The minimum absolute atomic E-state index is 0.0959. The van der Waals surface area contributed by atoms with E-state index < -0.39 is 0 Å². The van der Waals surface area contributed by atoms with Crippen molar-refractivity contribution in [2.45, 2.75) is 19.4 Å². The van der Waals surface area contributed by atoms with Gasteiger partial charge >= 0.3 is 0 Å². The molecule has 2 rings (SSSR count). The van der Waals surface area contributed by atoms with Crippen LogP contribution in [0.25, 0.3) is 0 Å². The van der Waals surface area contributed by atoms with Crippen molar-refractivity contribution in [2.75, 3.05) is 13.1 Å². The van der Waals surface area contributed by atoms with E-state index in [1.54, 1.807) is 12.3 Å². The van der Waals surface area contributed by atoms with Gasteiger partial charge in [0, 0.05) is 12.6 Å². The summed E-state index contributed by atoms with van der Waals surface area (Å²) in [6.07, 6.45) is 3.61. The molecule has 1 atom stereocenters. The van der Waals surface area contributed by atoms with Crippen LogP contribution in [0.2, 0.25) is 0 Å². The summed E-state index contributed by atoms with van der Waals surface area (Å²) in [5, 5.41) is 9.63. The van der Waals surface area contributed by atoms with Crippen LogP contribution < -0.4 is 10.6 Å². The van der Waals surface area contributed by atoms with Gasteiger partial charge in [-0.25, -0.2) is 0 Å². The summed E-state index contributed by atoms with van der Waals surface area (Å²) >= 11 is 0. The zero-order valence-electron chi connectivity index (χ0n) is 8.53. The molecule has 1 aromatic rings. The fraction of sp³-hybridized carbons (Fsp3) is 0.600. The highest BCUT2D eigenvalue weighted by Crippen LogP contribution is 2.09. The van der Waals surface area contributed by atoms with Gasteiger partial charge in [0.1, 0.15) is 0 Å². The van der Waals surface area contributed by atoms with Crippen LogP contribution in [0.5, 0.6) is 0 Å². The third-order valence-corrected chi connectivity index (χ3v) is 2.60. The quantitative estimate of drug-likeness (QED) is 0.751. The monoisotopic (exact) mass is 209 g/mol. The Morgan fingerprint density at radius 2 is 2.67 bits per heavy atom. The first-order valence-electron chi connectivity index (χ1n) is 5.24. The van der Waals surface area contributed by atoms with E-state index in [-0.39, 0.29) is 11.8 Å². The van der Waals surface area contributed by atoms with Crippen molar-refractivity contribution in [1.82, 2.24) is 15.8 Å². The molecule has 1 aliphatic heterocycles. The molecule has 1 saturated heterocycles. The van der Waals surface area contributed by atoms with Crippen molar-refractivity contribution < 1.29 is 9.32 Å². The maximum absolute atomic E-state index is 11.7. The molecule has 1 fully saturated rings. The lowest BCUT2D eigenvalue weighted by molar-refractivity contribution is -0.125. The van der Waals surface area contributed by atoms with E-state index in [1.807, 2.05) is 0 Å². The molecule has 0 unspecified atom stereocenters. The molecule has 0 bridgehead atoms. The van der Waals surface area contributed by atoms with Gasteiger partial charge in [0.15, 0.2) is 5.76 Å². The molecule has 2 N–H and O–H groups in total. The first kappa shape index (κ1) is 10.2. The zero-order valence-corrected chi connectivity index (χ0v) is 8.53. The summed E-state index contributed by atoms with van der Waals surface area (Å²) in [5.74, 6) is 0.882. The lowest BCUT2D eigenvalue weighted by atomic mass is 9.99. The van der Waals surface area contributed by atoms with Crippen LogP contribution in [0, 0.1) is 5.92 Å². The highest BCUT2D eigenvalue weighted by atomic mass is 16.5. The van der Waals surface area contributed by atoms with Gasteiger partial charge in [-0.2, -0.15) is 0 Å². The molecule has 0 spiro atoms. The number of nitrogens with zero attached hydrogens (tertiary/aromatic N) is 1. The Balaban J connectivity index is 1.76. The highest BCUT2D eigenvalue weighted by Gasteiger charge is 2.20. The number of carbonyl (C=O) groups is 1. The Kier molecular flexibility index (Phi) is 3.34. The van der Waals surface area contributed by atoms with Gasteiger partial charge in [-0.15, -0.1) is 0 Å². The van der Waals surface area contributed by atoms with Gasteiger partial charge in [-0.1, -0.05) is 5.16 Å². The molecule has 5 heteroatoms. The Labute approximate surface area is 88.2 Å². The second-order valence-electron chi connectivity index (χ2n) is 3.74. The molecule has 15 heavy (non-hydrogen) atoms. The third-order valence-electron chi connectivity index (χ3n) is 2.60. The van der Waals surface area contributed by atoms with E-state index in [0.29, 0.717) is 12.3 Å². The second kappa shape index (κ2) is 4.93. The van der Waals surface area contributed by atoms with Crippen molar-refractivity contribution >= 4 is 5.91 Å². The number of nitrogens with one attached hydrogen (secondary N) is 2. The van der Waals surface area contributed by atoms with Crippen molar-refractivity contribution in [1.29, 1.82) is 0 Å². The van der Waals surface area contributed by atoms with Gasteiger partial charge in [0.25, 0.3) is 0 Å². The summed E-state index contributed by atoms with van der Waals surface area (Å²) in [5.41, 5.74) is 0. The van der Waals surface area contributed by atoms with E-state index >= 15 is 0 Å². The van der Waals surface area contributed by atoms with Crippen molar-refractivity contribution in [3.05, 3.63) is 18.0 Å². The predicted octanol–water partition coefficient (Wildman–Crippen LogP) is 0.290. The molecule has 0 saturated carbocycles. The van der Waals surface area contributed by atoms with Crippen LogP contribution in [-0.2, 0) is 11.3 Å². The van der Waals surface area contributed by atoms with Gasteiger partial charge in [-0.05, 0) is 19.4 Å². The fourth-order valence-electron chi connectivity index (χ4n) is 1.73. The lowest BCUT2D eigenvalue weighted by Crippen LogP contribution is -2.40. The molecule has 2 heterocycles. The Morgan fingerprint density at radius 3 is 3.33 bits per heavy atom. The smallest absolute Gasteiger partial charge is 0.224 e. The highest BCUT2D eigenvalue weighted by molar-refractivity contribution is 5.78. The molecule has 1 amide bonds. The average molecular weight is 209 g/mol. The van der Waals surface area contributed by atoms with Gasteiger partial charge in [0.2, 0.25) is 5.91 Å². The molecular weight excluding hydrogens is 194 g/mol. The standard InChI is InChI=1S/C10H15N3O2/c14-10(8-2-1-4-11-6-8)12-7-9-3-5-13-15-9/h3,5,8,11H,1-2,4,6-7H2,(H,12,14)/t8-/m1/s1. The summed E-state index contributed by atoms with van der Waals surface area (Å²) in [6.45, 7) is 2.23. The lowest BCUT2D eigenvalue weighted by Gasteiger charge is -2.21. The van der Waals surface area contributed by atoms with Crippen LogP contribution in [0.1, 0.15) is 18.6 Å². The molecule has 5 nitrogen and oxygen atoms in total. The van der Waals surface area contributed by atoms with Crippen molar-refractivity contribution in [2.24, 2.45) is 5.92 Å². The zero-order chi connectivity index (χ0) is 10.5. The van der Waals surface area contributed by atoms with Crippen LogP contribution in [0.3, 0.4) is 0 Å². The second-order valence-corrected chi connectivity index (χ2v) is 3.74. The number of piperidine rings is 1. The Morgan fingerprint density at radius 1 is 1.73 bits per heavy atom. The summed E-state index contributed by atoms with van der Waals surface area (Å²) in [7, 11) is 0. The van der Waals surface area contributed by atoms with E-state index in [4.69, 9.17) is 4.52 Å². The topological polar surface area (TPSA) is 67.2 Å². The van der Waals surface area contributed by atoms with Crippen molar-refractivity contribution in [3.63, 3.8) is 0 Å². The molecule has 0 aliphatic carbocycles. The van der Waals surface area contributed by atoms with Crippen molar-refractivity contribution in [3.8, 4) is 0 Å². The first-order valence-corrected chi connectivity index (χ1v) is 5.24. The van der Waals surface area contributed by atoms with Gasteiger partial charge in [0.05, 0.1) is 18.7 Å². The SMILES string of the molecule is O=C(NCc1ccno1)[C@@H]1CCCNC1. The number of amides is 1. The first-order chi connectivity index (χ1) is 7.36. The fourth-order valence-corrected chi connectivity index (χ4v) is 1.73. The Bertz CT molecular complexity index is 304. The van der Waals surface area contributed by atoms with E-state index in [1.165, 1.54) is 0 Å². The number of hydrogen-bond donors (Lipinski definition) is 2. The molecule has 0 aromatic carbocycles. The summed E-state index contributed by atoms with van der Waals surface area (Å²) in [6, 6.07) is 1.75. The molecule has 1 aliphatic rings. The van der Waals surface area contributed by atoms with Crippen LogP contribution in [0.15, 0.2) is 16.8 Å². The summed E-state index contributed by atoms with van der Waals surface area (Å²) in [4.78, 5) is 11.7. The minimum Gasteiger partial charge on any atom is -0.360 e. The largest absolute Gasteiger partial charge is 0.360 e. The third kappa shape index (κ3) is 2.79. The molecule has 0 radical (unpaired) electrons. The molecule has 82 valence electrons. The number of carbonyl (C=O) groups excluding carboxylic acids is 1. The predicted molar refractivity (Wildman–Crippen MR) is 53.9 cm³/mol. The van der Waals surface area contributed by atoms with Crippen LogP contribution in [0.4, 0.5) is 0 Å². The number of rotatable bonds is 3. The van der Waals surface area contributed by atoms with E-state index in [2.05, 4.69) is 15.8 Å². The maximum atomic E-state index is 11.7. The Hall–Kier alpha value is -1.36. The van der Waals surface area contributed by atoms with Crippen LogP contribution in [-0.4, -0.2) is 24.2 Å². The van der Waals surface area contributed by atoms with Gasteiger partial charge < -0.3 is 15.2 Å².